The molecule has 0 spiro atoms. The molecule has 0 aliphatic rings. The highest BCUT2D eigenvalue weighted by Gasteiger charge is 2.21. The van der Waals surface area contributed by atoms with E-state index in [2.05, 4.69) is 15.8 Å². The van der Waals surface area contributed by atoms with Crippen LogP contribution in [0.5, 0.6) is 5.75 Å². The highest BCUT2D eigenvalue weighted by molar-refractivity contribution is 5.91. The number of hydrogen-bond acceptors (Lipinski definition) is 6. The number of nitrogens with one attached hydrogen (secondary N) is 2. The van der Waals surface area contributed by atoms with Gasteiger partial charge in [0.05, 0.1) is 18.2 Å². The SMILES string of the molecule is Cc1noc(C)c1-c1cccc(C(CC(=O)O)NC(=O)Nc2c(O)ccn(C)c2=O)c1. The lowest BCUT2D eigenvalue weighted by atomic mass is 9.97. The van der Waals surface area contributed by atoms with E-state index in [-0.39, 0.29) is 5.69 Å². The van der Waals surface area contributed by atoms with Crippen molar-refractivity contribution >= 4 is 17.7 Å². The second-order valence-corrected chi connectivity index (χ2v) is 7.07. The summed E-state index contributed by atoms with van der Waals surface area (Å²) < 4.78 is 6.39. The predicted molar refractivity (Wildman–Crippen MR) is 112 cm³/mol. The van der Waals surface area contributed by atoms with Gasteiger partial charge >= 0.3 is 12.0 Å². The van der Waals surface area contributed by atoms with Crippen molar-refractivity contribution in [1.29, 1.82) is 0 Å². The molecule has 2 aromatic heterocycles. The van der Waals surface area contributed by atoms with Crippen LogP contribution >= 0.6 is 0 Å². The number of rotatable bonds is 6. The number of hydrogen-bond donors (Lipinski definition) is 4. The van der Waals surface area contributed by atoms with E-state index < -0.39 is 35.8 Å². The molecule has 3 aromatic rings. The number of carboxylic acids is 1. The van der Waals surface area contributed by atoms with Gasteiger partial charge in [0, 0.05) is 18.8 Å². The Hall–Kier alpha value is -4.08. The molecule has 2 heterocycles. The third kappa shape index (κ3) is 4.74. The monoisotopic (exact) mass is 426 g/mol. The van der Waals surface area contributed by atoms with E-state index in [9.17, 15) is 24.6 Å². The number of benzene rings is 1. The van der Waals surface area contributed by atoms with Gasteiger partial charge in [-0.05, 0) is 37.1 Å². The molecule has 162 valence electrons. The van der Waals surface area contributed by atoms with Crippen LogP contribution in [0.3, 0.4) is 0 Å². The minimum absolute atomic E-state index is 0.305. The first-order chi connectivity index (χ1) is 14.7. The number of aliphatic carboxylic acids is 1. The van der Waals surface area contributed by atoms with Crippen LogP contribution in [0, 0.1) is 13.8 Å². The maximum atomic E-state index is 12.5. The third-order valence-electron chi connectivity index (χ3n) is 4.78. The number of aryl methyl sites for hydroxylation is 3. The average Bonchev–Trinajstić information content (AvgIpc) is 3.05. The number of pyridine rings is 1. The third-order valence-corrected chi connectivity index (χ3v) is 4.78. The average molecular weight is 426 g/mol. The van der Waals surface area contributed by atoms with Crippen LogP contribution < -0.4 is 16.2 Å². The maximum Gasteiger partial charge on any atom is 0.319 e. The van der Waals surface area contributed by atoms with Gasteiger partial charge in [-0.3, -0.25) is 9.59 Å². The van der Waals surface area contributed by atoms with Gasteiger partial charge in [-0.15, -0.1) is 0 Å². The predicted octanol–water partition coefficient (Wildman–Crippen LogP) is 2.70. The zero-order chi connectivity index (χ0) is 22.7. The molecule has 1 unspecified atom stereocenters. The maximum absolute atomic E-state index is 12.5. The molecule has 0 saturated heterocycles. The molecule has 3 rings (SSSR count). The minimum Gasteiger partial charge on any atom is -0.505 e. The molecule has 31 heavy (non-hydrogen) atoms. The minimum atomic E-state index is -1.12. The Morgan fingerprint density at radius 1 is 1.26 bits per heavy atom. The molecular formula is C21H22N4O6. The summed E-state index contributed by atoms with van der Waals surface area (Å²) in [6.45, 7) is 3.57. The fourth-order valence-corrected chi connectivity index (χ4v) is 3.28. The van der Waals surface area contributed by atoms with Gasteiger partial charge in [0.2, 0.25) is 0 Å². The highest BCUT2D eigenvalue weighted by atomic mass is 16.5. The molecule has 10 nitrogen and oxygen atoms in total. The van der Waals surface area contributed by atoms with Crippen molar-refractivity contribution < 1.29 is 24.3 Å². The lowest BCUT2D eigenvalue weighted by Crippen LogP contribution is -2.36. The number of carbonyl (C=O) groups is 2. The van der Waals surface area contributed by atoms with Crippen molar-refractivity contribution in [3.05, 3.63) is 63.9 Å². The lowest BCUT2D eigenvalue weighted by molar-refractivity contribution is -0.137. The number of urea groups is 1. The second-order valence-electron chi connectivity index (χ2n) is 7.07. The first kappa shape index (κ1) is 21.6. The van der Waals surface area contributed by atoms with E-state index in [0.717, 1.165) is 11.1 Å². The fraction of sp³-hybridized carbons (Fsp3) is 0.238. The summed E-state index contributed by atoms with van der Waals surface area (Å²) >= 11 is 0. The van der Waals surface area contributed by atoms with Crippen molar-refractivity contribution in [2.75, 3.05) is 5.32 Å². The van der Waals surface area contributed by atoms with E-state index in [1.807, 2.05) is 6.07 Å². The molecule has 0 aliphatic carbocycles. The van der Waals surface area contributed by atoms with Crippen LogP contribution in [0.15, 0.2) is 45.8 Å². The van der Waals surface area contributed by atoms with E-state index in [0.29, 0.717) is 17.0 Å². The zero-order valence-corrected chi connectivity index (χ0v) is 17.2. The van der Waals surface area contributed by atoms with Crippen LogP contribution in [0.2, 0.25) is 0 Å². The fourth-order valence-electron chi connectivity index (χ4n) is 3.28. The largest absolute Gasteiger partial charge is 0.505 e. The molecule has 0 saturated carbocycles. The summed E-state index contributed by atoms with van der Waals surface area (Å²) in [4.78, 5) is 36.1. The van der Waals surface area contributed by atoms with E-state index in [1.54, 1.807) is 32.0 Å². The summed E-state index contributed by atoms with van der Waals surface area (Å²) in [5.74, 6) is -0.898. The summed E-state index contributed by atoms with van der Waals surface area (Å²) in [6.07, 6.45) is 0.964. The molecule has 1 atom stereocenters. The lowest BCUT2D eigenvalue weighted by Gasteiger charge is -2.19. The molecule has 0 radical (unpaired) electrons. The topological polar surface area (TPSA) is 147 Å². The summed E-state index contributed by atoms with van der Waals surface area (Å²) in [7, 11) is 1.47. The van der Waals surface area contributed by atoms with Crippen molar-refractivity contribution in [3.63, 3.8) is 0 Å². The number of aromatic hydroxyl groups is 1. The molecule has 10 heteroatoms. The molecule has 0 fully saturated rings. The van der Waals surface area contributed by atoms with Crippen LogP contribution in [-0.2, 0) is 11.8 Å². The summed E-state index contributed by atoms with van der Waals surface area (Å²) in [5.41, 5.74) is 1.87. The normalized spacial score (nSPS) is 11.7. The van der Waals surface area contributed by atoms with Crippen molar-refractivity contribution in [2.45, 2.75) is 26.3 Å². The van der Waals surface area contributed by atoms with Gasteiger partial charge < -0.3 is 29.9 Å². The molecule has 2 amide bonds. The summed E-state index contributed by atoms with van der Waals surface area (Å²) in [5, 5.41) is 28.0. The zero-order valence-electron chi connectivity index (χ0n) is 17.2. The van der Waals surface area contributed by atoms with E-state index >= 15 is 0 Å². The Morgan fingerprint density at radius 2 is 2.00 bits per heavy atom. The summed E-state index contributed by atoms with van der Waals surface area (Å²) in [6, 6.07) is 6.55. The van der Waals surface area contributed by atoms with Crippen molar-refractivity contribution in [2.24, 2.45) is 7.05 Å². The number of aromatic nitrogens is 2. The molecular weight excluding hydrogens is 404 g/mol. The Labute approximate surface area is 177 Å². The Morgan fingerprint density at radius 3 is 2.65 bits per heavy atom. The van der Waals surface area contributed by atoms with Gasteiger partial charge in [0.1, 0.15) is 11.5 Å². The van der Waals surface area contributed by atoms with Crippen molar-refractivity contribution in [1.82, 2.24) is 15.0 Å². The number of carboxylic acid groups (broad SMARTS) is 1. The first-order valence-corrected chi connectivity index (χ1v) is 9.38. The molecule has 1 aromatic carbocycles. The second kappa shape index (κ2) is 8.74. The van der Waals surface area contributed by atoms with E-state index in [1.165, 1.54) is 23.9 Å². The van der Waals surface area contributed by atoms with Crippen LogP contribution in [0.25, 0.3) is 11.1 Å². The molecule has 4 N–H and O–H groups in total. The van der Waals surface area contributed by atoms with Gasteiger partial charge in [-0.2, -0.15) is 0 Å². The van der Waals surface area contributed by atoms with Gasteiger partial charge in [-0.25, -0.2) is 4.79 Å². The molecule has 0 aliphatic heterocycles. The van der Waals surface area contributed by atoms with Gasteiger partial charge in [0.15, 0.2) is 5.69 Å². The Balaban J connectivity index is 1.89. The van der Waals surface area contributed by atoms with Crippen molar-refractivity contribution in [3.8, 4) is 16.9 Å². The quantitative estimate of drug-likeness (QED) is 0.474. The van der Waals surface area contributed by atoms with Gasteiger partial charge in [0.25, 0.3) is 5.56 Å². The van der Waals surface area contributed by atoms with E-state index in [4.69, 9.17) is 4.52 Å². The standard InChI is InChI=1S/C21H22N4O6/c1-11-18(12(2)31-24-11)14-6-4-5-13(9-14)15(10-17(27)28)22-21(30)23-19-16(26)7-8-25(3)20(19)29/h4-9,15,26H,10H2,1-3H3,(H,27,28)(H2,22,23,30). The van der Waals surface area contributed by atoms with Crippen LogP contribution in [-0.4, -0.2) is 31.9 Å². The highest BCUT2D eigenvalue weighted by Crippen LogP contribution is 2.29. The Bertz CT molecular complexity index is 1180. The number of anilines is 1. The smallest absolute Gasteiger partial charge is 0.319 e. The number of carbonyl (C=O) groups excluding carboxylic acids is 1. The number of amides is 2. The first-order valence-electron chi connectivity index (χ1n) is 9.38. The number of nitrogens with zero attached hydrogens (tertiary/aromatic N) is 2. The van der Waals surface area contributed by atoms with Gasteiger partial charge in [-0.1, -0.05) is 23.4 Å². The van der Waals surface area contributed by atoms with Crippen LogP contribution in [0.4, 0.5) is 10.5 Å². The van der Waals surface area contributed by atoms with Crippen LogP contribution in [0.1, 0.15) is 29.5 Å². The Kier molecular flexibility index (Phi) is 6.10. The molecule has 0 bridgehead atoms.